The summed E-state index contributed by atoms with van der Waals surface area (Å²) in [6.07, 6.45) is -0.611. The third-order valence-corrected chi connectivity index (χ3v) is 2.92. The second-order valence-corrected chi connectivity index (χ2v) is 4.41. The van der Waals surface area contributed by atoms with Crippen LogP contribution in [0.4, 0.5) is 0 Å². The van der Waals surface area contributed by atoms with E-state index in [2.05, 4.69) is 5.10 Å². The Kier molecular flexibility index (Phi) is 3.39. The van der Waals surface area contributed by atoms with Gasteiger partial charge in [-0.15, -0.1) is 0 Å². The molecule has 1 aromatic carbocycles. The monoisotopic (exact) mass is 246 g/mol. The second-order valence-electron chi connectivity index (χ2n) is 4.41. The highest BCUT2D eigenvalue weighted by Crippen LogP contribution is 2.31. The van der Waals surface area contributed by atoms with Crippen molar-refractivity contribution in [1.82, 2.24) is 9.78 Å². The molecular weight excluding hydrogens is 228 g/mol. The zero-order valence-corrected chi connectivity index (χ0v) is 11.1. The van der Waals surface area contributed by atoms with Crippen LogP contribution in [0.15, 0.2) is 24.3 Å². The van der Waals surface area contributed by atoms with Gasteiger partial charge in [0, 0.05) is 11.3 Å². The van der Waals surface area contributed by atoms with E-state index < -0.39 is 6.10 Å². The summed E-state index contributed by atoms with van der Waals surface area (Å²) >= 11 is 0. The normalized spacial score (nSPS) is 12.5. The molecule has 0 aliphatic rings. The van der Waals surface area contributed by atoms with Crippen molar-refractivity contribution in [2.75, 3.05) is 7.11 Å². The Labute approximate surface area is 107 Å². The molecule has 0 radical (unpaired) electrons. The predicted octanol–water partition coefficient (Wildman–Crippen LogP) is 2.55. The van der Waals surface area contributed by atoms with E-state index in [0.29, 0.717) is 5.75 Å². The fraction of sp³-hybridized carbons (Fsp3) is 0.357. The fourth-order valence-electron chi connectivity index (χ4n) is 2.19. The summed E-state index contributed by atoms with van der Waals surface area (Å²) in [6.45, 7) is 5.67. The molecular formula is C14H18N2O2. The lowest BCUT2D eigenvalue weighted by molar-refractivity contribution is 0.194. The quantitative estimate of drug-likeness (QED) is 0.905. The molecule has 0 saturated heterocycles. The van der Waals surface area contributed by atoms with Gasteiger partial charge in [-0.05, 0) is 39.0 Å². The summed E-state index contributed by atoms with van der Waals surface area (Å²) in [4.78, 5) is 0. The average Bonchev–Trinajstić information content (AvgIpc) is 2.67. The lowest BCUT2D eigenvalue weighted by Gasteiger charge is -2.16. The number of hydrogen-bond donors (Lipinski definition) is 1. The minimum Gasteiger partial charge on any atom is -0.496 e. The Morgan fingerprint density at radius 1 is 1.33 bits per heavy atom. The van der Waals surface area contributed by atoms with E-state index in [1.165, 1.54) is 0 Å². The van der Waals surface area contributed by atoms with Gasteiger partial charge in [0.2, 0.25) is 0 Å². The highest BCUT2D eigenvalue weighted by atomic mass is 16.5. The molecule has 1 aromatic heterocycles. The van der Waals surface area contributed by atoms with Crippen molar-refractivity contribution in [3.8, 4) is 11.4 Å². The molecule has 1 atom stereocenters. The summed E-state index contributed by atoms with van der Waals surface area (Å²) in [5.41, 5.74) is 3.59. The first-order valence-electron chi connectivity index (χ1n) is 5.93. The van der Waals surface area contributed by atoms with Gasteiger partial charge >= 0.3 is 0 Å². The van der Waals surface area contributed by atoms with Crippen molar-refractivity contribution >= 4 is 0 Å². The zero-order valence-electron chi connectivity index (χ0n) is 11.1. The van der Waals surface area contributed by atoms with E-state index in [1.54, 1.807) is 14.0 Å². The van der Waals surface area contributed by atoms with Crippen molar-refractivity contribution in [2.45, 2.75) is 26.9 Å². The highest BCUT2D eigenvalue weighted by molar-refractivity contribution is 5.51. The molecule has 0 bridgehead atoms. The van der Waals surface area contributed by atoms with E-state index in [9.17, 15) is 5.11 Å². The van der Waals surface area contributed by atoms with E-state index in [4.69, 9.17) is 4.74 Å². The molecule has 2 aromatic rings. The van der Waals surface area contributed by atoms with Crippen LogP contribution in [0.2, 0.25) is 0 Å². The number of methoxy groups -OCH3 is 1. The molecule has 96 valence electrons. The van der Waals surface area contributed by atoms with Crippen molar-refractivity contribution in [3.05, 3.63) is 41.2 Å². The smallest absolute Gasteiger partial charge is 0.126 e. The SMILES string of the molecule is COc1cccc(-n2nc(C)cc2C)c1[C@@H](C)O. The molecule has 0 spiro atoms. The van der Waals surface area contributed by atoms with Crippen LogP contribution in [0.5, 0.6) is 5.75 Å². The Bertz CT molecular complexity index is 559. The molecule has 0 aliphatic carbocycles. The van der Waals surface area contributed by atoms with Crippen LogP contribution >= 0.6 is 0 Å². The molecule has 1 N–H and O–H groups in total. The number of aryl methyl sites for hydroxylation is 2. The molecule has 18 heavy (non-hydrogen) atoms. The molecule has 4 nitrogen and oxygen atoms in total. The van der Waals surface area contributed by atoms with Gasteiger partial charge in [-0.25, -0.2) is 4.68 Å². The molecule has 1 heterocycles. The van der Waals surface area contributed by atoms with Gasteiger partial charge in [0.25, 0.3) is 0 Å². The van der Waals surface area contributed by atoms with Crippen LogP contribution in [-0.2, 0) is 0 Å². The Morgan fingerprint density at radius 2 is 2.06 bits per heavy atom. The number of benzene rings is 1. The van der Waals surface area contributed by atoms with Gasteiger partial charge in [-0.1, -0.05) is 6.07 Å². The highest BCUT2D eigenvalue weighted by Gasteiger charge is 2.17. The first-order chi connectivity index (χ1) is 8.54. The van der Waals surface area contributed by atoms with Gasteiger partial charge in [-0.3, -0.25) is 0 Å². The van der Waals surface area contributed by atoms with Crippen LogP contribution < -0.4 is 4.74 Å². The van der Waals surface area contributed by atoms with Gasteiger partial charge < -0.3 is 9.84 Å². The number of hydrogen-bond acceptors (Lipinski definition) is 3. The van der Waals surface area contributed by atoms with E-state index >= 15 is 0 Å². The second kappa shape index (κ2) is 4.82. The number of nitrogens with zero attached hydrogens (tertiary/aromatic N) is 2. The van der Waals surface area contributed by atoms with Crippen LogP contribution in [0, 0.1) is 13.8 Å². The number of ether oxygens (including phenoxy) is 1. The van der Waals surface area contributed by atoms with Gasteiger partial charge in [-0.2, -0.15) is 5.10 Å². The largest absolute Gasteiger partial charge is 0.496 e. The summed E-state index contributed by atoms with van der Waals surface area (Å²) in [7, 11) is 1.60. The van der Waals surface area contributed by atoms with Gasteiger partial charge in [0.05, 0.1) is 24.6 Å². The maximum Gasteiger partial charge on any atom is 0.126 e. The first-order valence-corrected chi connectivity index (χ1v) is 5.93. The van der Waals surface area contributed by atoms with Crippen LogP contribution in [-0.4, -0.2) is 22.0 Å². The maximum absolute atomic E-state index is 9.95. The summed E-state index contributed by atoms with van der Waals surface area (Å²) in [5, 5.41) is 14.4. The van der Waals surface area contributed by atoms with Crippen molar-refractivity contribution in [2.24, 2.45) is 0 Å². The van der Waals surface area contributed by atoms with Crippen molar-refractivity contribution < 1.29 is 9.84 Å². The molecule has 0 amide bonds. The number of aliphatic hydroxyl groups excluding tert-OH is 1. The average molecular weight is 246 g/mol. The number of aromatic nitrogens is 2. The summed E-state index contributed by atoms with van der Waals surface area (Å²) < 4.78 is 7.15. The third-order valence-electron chi connectivity index (χ3n) is 2.92. The molecule has 0 fully saturated rings. The molecule has 0 aliphatic heterocycles. The number of aliphatic hydroxyl groups is 1. The Balaban J connectivity index is 2.67. The lowest BCUT2D eigenvalue weighted by atomic mass is 10.1. The zero-order chi connectivity index (χ0) is 13.3. The standard InChI is InChI=1S/C14H18N2O2/c1-9-8-10(2)16(15-9)12-6-5-7-13(18-4)14(12)11(3)17/h5-8,11,17H,1-4H3/t11-/m1/s1. The van der Waals surface area contributed by atoms with Crippen LogP contribution in [0.25, 0.3) is 5.69 Å². The van der Waals surface area contributed by atoms with Crippen LogP contribution in [0.1, 0.15) is 30.0 Å². The fourth-order valence-corrected chi connectivity index (χ4v) is 2.19. The van der Waals surface area contributed by atoms with Crippen molar-refractivity contribution in [3.63, 3.8) is 0 Å². The third kappa shape index (κ3) is 2.11. The predicted molar refractivity (Wildman–Crippen MR) is 70.2 cm³/mol. The number of rotatable bonds is 3. The van der Waals surface area contributed by atoms with E-state index in [-0.39, 0.29) is 0 Å². The summed E-state index contributed by atoms with van der Waals surface area (Å²) in [6, 6.07) is 7.68. The molecule has 0 unspecified atom stereocenters. The van der Waals surface area contributed by atoms with Gasteiger partial charge in [0.15, 0.2) is 0 Å². The Morgan fingerprint density at radius 3 is 2.56 bits per heavy atom. The Hall–Kier alpha value is -1.81. The van der Waals surface area contributed by atoms with Crippen LogP contribution in [0.3, 0.4) is 0 Å². The van der Waals surface area contributed by atoms with E-state index in [1.807, 2.05) is 42.8 Å². The lowest BCUT2D eigenvalue weighted by Crippen LogP contribution is -2.07. The minimum atomic E-state index is -0.611. The molecule has 2 rings (SSSR count). The van der Waals surface area contributed by atoms with Crippen molar-refractivity contribution in [1.29, 1.82) is 0 Å². The van der Waals surface area contributed by atoms with Gasteiger partial charge in [0.1, 0.15) is 5.75 Å². The topological polar surface area (TPSA) is 47.3 Å². The maximum atomic E-state index is 9.95. The first kappa shape index (κ1) is 12.6. The summed E-state index contributed by atoms with van der Waals surface area (Å²) in [5.74, 6) is 0.676. The molecule has 0 saturated carbocycles. The molecule has 4 heteroatoms. The minimum absolute atomic E-state index is 0.611. The van der Waals surface area contributed by atoms with E-state index in [0.717, 1.165) is 22.6 Å².